The van der Waals surface area contributed by atoms with Gasteiger partial charge in [-0.2, -0.15) is 0 Å². The number of unbranched alkanes of at least 4 members (excludes halogenated alkanes) is 9. The molecular weight excluding hydrogens is 665 g/mol. The molecule has 1 N–H and O–H groups in total. The van der Waals surface area contributed by atoms with Crippen molar-refractivity contribution in [2.75, 3.05) is 54.3 Å². The van der Waals surface area contributed by atoms with Gasteiger partial charge in [-0.1, -0.05) is 143 Å². The number of aliphatic hydroxyl groups is 1. The molecule has 0 radical (unpaired) electrons. The van der Waals surface area contributed by atoms with Crippen molar-refractivity contribution in [3.63, 3.8) is 0 Å². The fraction of sp³-hybridized carbons (Fsp3) is 0.900. The summed E-state index contributed by atoms with van der Waals surface area (Å²) in [5, 5.41) is 11.1. The van der Waals surface area contributed by atoms with Crippen molar-refractivity contribution in [1.29, 1.82) is 0 Å². The molecule has 0 saturated carbocycles. The Kier molecular flexibility index (Phi) is 32.8. The maximum absolute atomic E-state index is 12.9. The summed E-state index contributed by atoms with van der Waals surface area (Å²) in [5.74, 6) is 2.43. The SMILES string of the molecule is CCCCCCSSCCOC(=O)CC(O)(CC(=O)OCCSSCCCCCC)C(=O)OCCSSCCCCCC. The Labute approximate surface area is 285 Å². The lowest BCUT2D eigenvalue weighted by molar-refractivity contribution is -0.177. The predicted octanol–water partition coefficient (Wildman–Crippen LogP) is 9.01. The zero-order chi connectivity index (χ0) is 31.9. The van der Waals surface area contributed by atoms with Crippen LogP contribution < -0.4 is 0 Å². The molecule has 13 heteroatoms. The van der Waals surface area contributed by atoms with Crippen molar-refractivity contribution < 1.29 is 33.7 Å². The monoisotopic (exact) mass is 720 g/mol. The number of rotatable bonds is 32. The number of carbonyl (C=O) groups excluding carboxylic acids is 3. The smallest absolute Gasteiger partial charge is 0.339 e. The van der Waals surface area contributed by atoms with Gasteiger partial charge in [0, 0.05) is 34.5 Å². The number of esters is 3. The van der Waals surface area contributed by atoms with Crippen molar-refractivity contribution in [2.24, 2.45) is 0 Å². The Morgan fingerprint density at radius 3 is 1.16 bits per heavy atom. The van der Waals surface area contributed by atoms with E-state index in [1.165, 1.54) is 70.6 Å². The fourth-order valence-electron chi connectivity index (χ4n) is 3.59. The normalized spacial score (nSPS) is 11.4. The lowest BCUT2D eigenvalue weighted by Crippen LogP contribution is -2.45. The molecule has 0 fully saturated rings. The molecule has 0 unspecified atom stereocenters. The van der Waals surface area contributed by atoms with Crippen molar-refractivity contribution in [1.82, 2.24) is 0 Å². The van der Waals surface area contributed by atoms with Gasteiger partial charge in [-0.3, -0.25) is 9.59 Å². The average Bonchev–Trinajstić information content (AvgIpc) is 2.98. The maximum atomic E-state index is 12.9. The Balaban J connectivity index is 4.58. The molecule has 0 atom stereocenters. The van der Waals surface area contributed by atoms with E-state index in [-0.39, 0.29) is 19.8 Å². The van der Waals surface area contributed by atoms with Crippen LogP contribution in [0.1, 0.15) is 111 Å². The highest BCUT2D eigenvalue weighted by atomic mass is 33.1. The van der Waals surface area contributed by atoms with Crippen LogP contribution in [0.15, 0.2) is 0 Å². The van der Waals surface area contributed by atoms with E-state index in [2.05, 4.69) is 20.8 Å². The minimum absolute atomic E-state index is 0.0795. The molecule has 0 heterocycles. The van der Waals surface area contributed by atoms with Gasteiger partial charge in [-0.15, -0.1) is 0 Å². The van der Waals surface area contributed by atoms with Crippen molar-refractivity contribution >= 4 is 82.7 Å². The average molecular weight is 721 g/mol. The molecule has 0 rings (SSSR count). The molecule has 0 aliphatic rings. The molecule has 0 saturated heterocycles. The Morgan fingerprint density at radius 1 is 0.488 bits per heavy atom. The zero-order valence-electron chi connectivity index (χ0n) is 26.6. The fourth-order valence-corrected chi connectivity index (χ4v) is 9.51. The summed E-state index contributed by atoms with van der Waals surface area (Å²) in [7, 11) is 10.1. The van der Waals surface area contributed by atoms with Gasteiger partial charge in [0.05, 0.1) is 12.8 Å². The largest absolute Gasteiger partial charge is 0.465 e. The molecule has 0 amide bonds. The van der Waals surface area contributed by atoms with E-state index in [9.17, 15) is 19.5 Å². The van der Waals surface area contributed by atoms with Crippen LogP contribution in [0.4, 0.5) is 0 Å². The van der Waals surface area contributed by atoms with Gasteiger partial charge in [0.25, 0.3) is 0 Å². The third-order valence-corrected chi connectivity index (χ3v) is 13.4. The van der Waals surface area contributed by atoms with Crippen molar-refractivity contribution in [2.45, 2.75) is 116 Å². The lowest BCUT2D eigenvalue weighted by atomic mass is 9.95. The first-order valence-corrected chi connectivity index (χ1v) is 23.3. The van der Waals surface area contributed by atoms with Gasteiger partial charge in [0.15, 0.2) is 5.60 Å². The maximum Gasteiger partial charge on any atom is 0.339 e. The highest BCUT2D eigenvalue weighted by Gasteiger charge is 2.43. The summed E-state index contributed by atoms with van der Waals surface area (Å²) in [4.78, 5) is 37.9. The molecule has 0 aromatic carbocycles. The van der Waals surface area contributed by atoms with E-state index in [4.69, 9.17) is 14.2 Å². The Morgan fingerprint density at radius 2 is 0.814 bits per heavy atom. The highest BCUT2D eigenvalue weighted by molar-refractivity contribution is 8.77. The molecule has 0 aromatic heterocycles. The molecule has 254 valence electrons. The van der Waals surface area contributed by atoms with Crippen LogP contribution in [-0.4, -0.2) is 83.0 Å². The number of carbonyl (C=O) groups is 3. The predicted molar refractivity (Wildman–Crippen MR) is 194 cm³/mol. The standard InChI is InChI=1S/C30H56O7S6/c1-4-7-10-13-19-38-41-22-16-35-27(31)25-30(34,29(33)37-18-24-43-40-21-15-12-9-6-3)26-28(32)36-17-23-42-39-20-14-11-8-5-2/h34H,4-26H2,1-3H3. The minimum Gasteiger partial charge on any atom is -0.465 e. The first-order chi connectivity index (χ1) is 20.9. The number of ether oxygens (including phenoxy) is 3. The molecule has 0 aliphatic carbocycles. The first-order valence-electron chi connectivity index (χ1n) is 15.8. The van der Waals surface area contributed by atoms with E-state index in [0.29, 0.717) is 17.3 Å². The van der Waals surface area contributed by atoms with Gasteiger partial charge < -0.3 is 19.3 Å². The summed E-state index contributed by atoms with van der Waals surface area (Å²) >= 11 is 0. The van der Waals surface area contributed by atoms with E-state index < -0.39 is 36.4 Å². The Bertz CT molecular complexity index is 651. The third kappa shape index (κ3) is 28.4. The first kappa shape index (κ1) is 43.5. The number of hydrogen-bond acceptors (Lipinski definition) is 13. The van der Waals surface area contributed by atoms with Gasteiger partial charge in [0.1, 0.15) is 19.8 Å². The van der Waals surface area contributed by atoms with Crippen molar-refractivity contribution in [3.8, 4) is 0 Å². The van der Waals surface area contributed by atoms with Crippen LogP contribution in [0.3, 0.4) is 0 Å². The molecule has 7 nitrogen and oxygen atoms in total. The summed E-state index contributed by atoms with van der Waals surface area (Å²) in [5.41, 5.74) is -2.32. The van der Waals surface area contributed by atoms with Crippen LogP contribution in [-0.2, 0) is 28.6 Å². The van der Waals surface area contributed by atoms with Gasteiger partial charge in [-0.05, 0) is 19.3 Å². The van der Waals surface area contributed by atoms with E-state index >= 15 is 0 Å². The molecule has 0 spiro atoms. The molecule has 0 aliphatic heterocycles. The van der Waals surface area contributed by atoms with Crippen molar-refractivity contribution in [3.05, 3.63) is 0 Å². The lowest BCUT2D eigenvalue weighted by Gasteiger charge is -2.24. The topological polar surface area (TPSA) is 99.1 Å². The van der Waals surface area contributed by atoms with Gasteiger partial charge in [-0.25, -0.2) is 4.79 Å². The van der Waals surface area contributed by atoms with E-state index in [0.717, 1.165) is 23.7 Å². The zero-order valence-corrected chi connectivity index (χ0v) is 31.5. The second-order valence-corrected chi connectivity index (χ2v) is 18.2. The molecule has 0 bridgehead atoms. The van der Waals surface area contributed by atoms with Gasteiger partial charge in [0.2, 0.25) is 0 Å². The molecule has 0 aromatic rings. The van der Waals surface area contributed by atoms with E-state index in [1.807, 2.05) is 0 Å². The van der Waals surface area contributed by atoms with Crippen LogP contribution in [0.2, 0.25) is 0 Å². The highest BCUT2D eigenvalue weighted by Crippen LogP contribution is 2.26. The summed E-state index contributed by atoms with van der Waals surface area (Å²) in [6.07, 6.45) is 13.2. The second kappa shape index (κ2) is 32.4. The summed E-state index contributed by atoms with van der Waals surface area (Å²) in [6, 6.07) is 0. The minimum atomic E-state index is -2.32. The van der Waals surface area contributed by atoms with Crippen LogP contribution in [0.5, 0.6) is 0 Å². The number of hydrogen-bond donors (Lipinski definition) is 1. The molecular formula is C30H56O7S6. The Hall–Kier alpha value is 0.470. The van der Waals surface area contributed by atoms with Gasteiger partial charge >= 0.3 is 17.9 Å². The second-order valence-electron chi connectivity index (χ2n) is 10.1. The molecule has 43 heavy (non-hydrogen) atoms. The van der Waals surface area contributed by atoms with E-state index in [1.54, 1.807) is 64.8 Å². The van der Waals surface area contributed by atoms with Crippen LogP contribution in [0.25, 0.3) is 0 Å². The summed E-state index contributed by atoms with van der Waals surface area (Å²) in [6.45, 7) is 6.97. The van der Waals surface area contributed by atoms with Crippen LogP contribution in [0, 0.1) is 0 Å². The summed E-state index contributed by atoms with van der Waals surface area (Å²) < 4.78 is 15.8. The quantitative estimate of drug-likeness (QED) is 0.0310. The third-order valence-electron chi connectivity index (χ3n) is 6.01. The van der Waals surface area contributed by atoms with Crippen LogP contribution >= 0.6 is 64.8 Å².